The van der Waals surface area contributed by atoms with E-state index in [1.807, 2.05) is 0 Å². The Balaban J connectivity index is 1.36. The molecule has 0 bridgehead atoms. The summed E-state index contributed by atoms with van der Waals surface area (Å²) in [5.74, 6) is -2.97. The lowest BCUT2D eigenvalue weighted by molar-refractivity contribution is -0.0494. The van der Waals surface area contributed by atoms with Gasteiger partial charge in [0.1, 0.15) is 5.60 Å². The third-order valence-electron chi connectivity index (χ3n) is 5.76. The number of rotatable bonds is 3. The van der Waals surface area contributed by atoms with E-state index < -0.39 is 11.5 Å². The lowest BCUT2D eigenvalue weighted by Crippen LogP contribution is -2.44. The summed E-state index contributed by atoms with van der Waals surface area (Å²) >= 11 is 0. The molecule has 3 fully saturated rings. The van der Waals surface area contributed by atoms with Gasteiger partial charge in [-0.2, -0.15) is 0 Å². The quantitative estimate of drug-likeness (QED) is 0.849. The average Bonchev–Trinajstić information content (AvgIpc) is 2.97. The van der Waals surface area contributed by atoms with Crippen LogP contribution in [-0.4, -0.2) is 71.0 Å². The molecule has 152 valence electrons. The van der Waals surface area contributed by atoms with Gasteiger partial charge >= 0.3 is 6.09 Å². The Morgan fingerprint density at radius 1 is 1.18 bits per heavy atom. The lowest BCUT2D eigenvalue weighted by Gasteiger charge is -2.31. The van der Waals surface area contributed by atoms with Crippen LogP contribution in [0.4, 0.5) is 13.6 Å². The second-order valence-electron chi connectivity index (χ2n) is 7.84. The van der Waals surface area contributed by atoms with E-state index in [4.69, 9.17) is 4.74 Å². The minimum atomic E-state index is -2.69. The molecule has 9 heteroatoms. The largest absolute Gasteiger partial charge is 0.441 e. The molecule has 3 aliphatic heterocycles. The summed E-state index contributed by atoms with van der Waals surface area (Å²) in [6.45, 7) is 2.61. The second-order valence-corrected chi connectivity index (χ2v) is 7.84. The van der Waals surface area contributed by atoms with Crippen LogP contribution in [0.15, 0.2) is 18.3 Å². The van der Waals surface area contributed by atoms with Gasteiger partial charge in [0.15, 0.2) is 0 Å². The van der Waals surface area contributed by atoms with Crippen molar-refractivity contribution in [3.8, 4) is 0 Å². The first-order chi connectivity index (χ1) is 13.4. The number of pyridine rings is 1. The van der Waals surface area contributed by atoms with E-state index in [0.29, 0.717) is 24.3 Å². The van der Waals surface area contributed by atoms with Crippen LogP contribution in [-0.2, 0) is 11.3 Å². The van der Waals surface area contributed by atoms with Crippen molar-refractivity contribution in [3.05, 3.63) is 29.6 Å². The van der Waals surface area contributed by atoms with Gasteiger partial charge in [0, 0.05) is 45.0 Å². The van der Waals surface area contributed by atoms with Gasteiger partial charge in [0.05, 0.1) is 24.3 Å². The molecule has 1 spiro atoms. The Hall–Kier alpha value is -2.29. The number of alkyl halides is 2. The lowest BCUT2D eigenvalue weighted by atomic mass is 9.92. The van der Waals surface area contributed by atoms with Crippen LogP contribution in [0, 0.1) is 0 Å². The average molecular weight is 394 g/mol. The smallest absolute Gasteiger partial charge is 0.410 e. The van der Waals surface area contributed by atoms with E-state index in [-0.39, 0.29) is 37.9 Å². The Morgan fingerprint density at radius 3 is 2.54 bits per heavy atom. The van der Waals surface area contributed by atoms with Crippen LogP contribution in [0.25, 0.3) is 0 Å². The summed E-state index contributed by atoms with van der Waals surface area (Å²) in [4.78, 5) is 32.1. The van der Waals surface area contributed by atoms with Crippen molar-refractivity contribution >= 4 is 12.0 Å². The molecule has 28 heavy (non-hydrogen) atoms. The molecule has 0 aromatic carbocycles. The summed E-state index contributed by atoms with van der Waals surface area (Å²) in [5, 5.41) is 3.26. The number of ether oxygens (including phenoxy) is 1. The van der Waals surface area contributed by atoms with Gasteiger partial charge in [-0.15, -0.1) is 0 Å². The molecule has 0 aliphatic carbocycles. The van der Waals surface area contributed by atoms with Gasteiger partial charge in [-0.3, -0.25) is 14.7 Å². The molecule has 0 unspecified atom stereocenters. The highest BCUT2D eigenvalue weighted by Gasteiger charge is 2.45. The summed E-state index contributed by atoms with van der Waals surface area (Å²) in [6.07, 6.45) is 2.09. The molecule has 4 rings (SSSR count). The minimum Gasteiger partial charge on any atom is -0.441 e. The summed E-state index contributed by atoms with van der Waals surface area (Å²) < 4.78 is 32.1. The predicted octanol–water partition coefficient (Wildman–Crippen LogP) is 2.03. The van der Waals surface area contributed by atoms with E-state index >= 15 is 0 Å². The van der Waals surface area contributed by atoms with Crippen molar-refractivity contribution in [3.63, 3.8) is 0 Å². The monoisotopic (exact) mass is 394 g/mol. The van der Waals surface area contributed by atoms with Crippen LogP contribution in [0.1, 0.15) is 41.7 Å². The molecule has 1 aromatic heterocycles. The van der Waals surface area contributed by atoms with Crippen molar-refractivity contribution in [2.24, 2.45) is 0 Å². The maximum Gasteiger partial charge on any atom is 0.410 e. The molecule has 7 nitrogen and oxygen atoms in total. The predicted molar refractivity (Wildman–Crippen MR) is 96.0 cm³/mol. The van der Waals surface area contributed by atoms with Gasteiger partial charge in [0.25, 0.3) is 11.8 Å². The number of carbonyl (C=O) groups is 2. The number of hydrogen-bond acceptors (Lipinski definition) is 5. The fourth-order valence-electron chi connectivity index (χ4n) is 4.02. The van der Waals surface area contributed by atoms with Gasteiger partial charge in [-0.25, -0.2) is 13.6 Å². The summed E-state index contributed by atoms with van der Waals surface area (Å²) in [6, 6.07) is 3.34. The Bertz CT molecular complexity index is 740. The van der Waals surface area contributed by atoms with Crippen LogP contribution < -0.4 is 5.32 Å². The Labute approximate surface area is 162 Å². The molecular weight excluding hydrogens is 370 g/mol. The summed E-state index contributed by atoms with van der Waals surface area (Å²) in [7, 11) is 0. The number of carbonyl (C=O) groups excluding carboxylic acids is 2. The zero-order valence-corrected chi connectivity index (χ0v) is 15.6. The maximum atomic E-state index is 13.3. The molecule has 3 aliphatic rings. The third kappa shape index (κ3) is 3.94. The number of nitrogens with one attached hydrogen (secondary N) is 1. The fraction of sp³-hybridized carbons (Fsp3) is 0.632. The molecule has 1 aromatic rings. The molecule has 0 atom stereocenters. The molecule has 0 radical (unpaired) electrons. The van der Waals surface area contributed by atoms with Crippen LogP contribution in [0.5, 0.6) is 0 Å². The van der Waals surface area contributed by atoms with E-state index in [1.165, 1.54) is 11.1 Å². The number of hydrogen-bond donors (Lipinski definition) is 1. The van der Waals surface area contributed by atoms with Crippen molar-refractivity contribution in [2.75, 3.05) is 32.7 Å². The van der Waals surface area contributed by atoms with E-state index in [1.54, 1.807) is 17.0 Å². The number of halogens is 2. The van der Waals surface area contributed by atoms with E-state index in [0.717, 1.165) is 25.9 Å². The second kappa shape index (κ2) is 7.27. The highest BCUT2D eigenvalue weighted by atomic mass is 19.3. The maximum absolute atomic E-state index is 13.3. The van der Waals surface area contributed by atoms with Crippen molar-refractivity contribution in [1.29, 1.82) is 0 Å². The number of aromatic nitrogens is 1. The zero-order chi connectivity index (χ0) is 19.8. The molecule has 0 saturated carbocycles. The molecule has 3 saturated heterocycles. The summed E-state index contributed by atoms with van der Waals surface area (Å²) in [5.41, 5.74) is 0.617. The van der Waals surface area contributed by atoms with Crippen LogP contribution >= 0.6 is 0 Å². The van der Waals surface area contributed by atoms with E-state index in [9.17, 15) is 18.4 Å². The molecule has 4 heterocycles. The standard InChI is InChI=1S/C19H24F2N4O3/c20-19(21)5-9-24(10-6-19)16(26)14-1-2-15(23-11-14)12-25-13-18(28-17(25)27)3-7-22-8-4-18/h1-2,11,22H,3-10,12-13H2. The van der Waals surface area contributed by atoms with Crippen LogP contribution in [0.2, 0.25) is 0 Å². The van der Waals surface area contributed by atoms with Gasteiger partial charge in [-0.05, 0) is 25.2 Å². The first-order valence-electron chi connectivity index (χ1n) is 9.67. The molecular formula is C19H24F2N4O3. The number of piperidine rings is 2. The number of amides is 2. The zero-order valence-electron chi connectivity index (χ0n) is 15.6. The Morgan fingerprint density at radius 2 is 1.89 bits per heavy atom. The fourth-order valence-corrected chi connectivity index (χ4v) is 4.02. The van der Waals surface area contributed by atoms with Crippen LogP contribution in [0.3, 0.4) is 0 Å². The number of nitrogens with zero attached hydrogens (tertiary/aromatic N) is 3. The topological polar surface area (TPSA) is 74.8 Å². The van der Waals surface area contributed by atoms with Gasteiger partial charge in [-0.1, -0.05) is 0 Å². The first kappa shape index (κ1) is 19.0. The normalized spacial score (nSPS) is 23.7. The van der Waals surface area contributed by atoms with Crippen molar-refractivity contribution in [2.45, 2.75) is 43.8 Å². The van der Waals surface area contributed by atoms with Gasteiger partial charge < -0.3 is 15.0 Å². The van der Waals surface area contributed by atoms with Crippen molar-refractivity contribution < 1.29 is 23.1 Å². The number of likely N-dealkylation sites (tertiary alicyclic amines) is 1. The molecule has 2 amide bonds. The minimum absolute atomic E-state index is 0.0458. The Kier molecular flexibility index (Phi) is 4.95. The molecule has 1 N–H and O–H groups in total. The van der Waals surface area contributed by atoms with Gasteiger partial charge in [0.2, 0.25) is 0 Å². The SMILES string of the molecule is O=C1OC2(CCNCC2)CN1Cc1ccc(C(=O)N2CCC(F)(F)CC2)cn1. The highest BCUT2D eigenvalue weighted by Crippen LogP contribution is 2.32. The third-order valence-corrected chi connectivity index (χ3v) is 5.76. The van der Waals surface area contributed by atoms with E-state index in [2.05, 4.69) is 10.3 Å². The van der Waals surface area contributed by atoms with Crippen molar-refractivity contribution in [1.82, 2.24) is 20.1 Å². The first-order valence-corrected chi connectivity index (χ1v) is 9.67. The highest BCUT2D eigenvalue weighted by molar-refractivity contribution is 5.94.